The molecule has 0 spiro atoms. The Morgan fingerprint density at radius 1 is 1.08 bits per heavy atom. The van der Waals surface area contributed by atoms with E-state index in [9.17, 15) is 9.59 Å². The molecule has 1 fully saturated rings. The van der Waals surface area contributed by atoms with Gasteiger partial charge in [0.2, 0.25) is 0 Å². The van der Waals surface area contributed by atoms with E-state index in [0.29, 0.717) is 5.69 Å². The highest BCUT2D eigenvalue weighted by Gasteiger charge is 2.35. The molecule has 5 nitrogen and oxygen atoms in total. The third-order valence-electron chi connectivity index (χ3n) is 4.82. The average Bonchev–Trinajstić information content (AvgIpc) is 2.81. The van der Waals surface area contributed by atoms with Crippen molar-refractivity contribution in [1.29, 1.82) is 0 Å². The van der Waals surface area contributed by atoms with Gasteiger partial charge < -0.3 is 4.57 Å². The van der Waals surface area contributed by atoms with Crippen LogP contribution in [0, 0.1) is 27.7 Å². The van der Waals surface area contributed by atoms with Gasteiger partial charge in [-0.1, -0.05) is 12.1 Å². The van der Waals surface area contributed by atoms with E-state index in [1.807, 2.05) is 63.6 Å². The summed E-state index contributed by atoms with van der Waals surface area (Å²) in [5, 5.41) is 2.74. The minimum Gasteiger partial charge on any atom is -0.352 e. The summed E-state index contributed by atoms with van der Waals surface area (Å²) in [5.74, 6) is -0.879. The highest BCUT2D eigenvalue weighted by molar-refractivity contribution is 7.80. The molecular weight excluding hydrogens is 346 g/mol. The molecule has 0 atom stereocenters. The van der Waals surface area contributed by atoms with Gasteiger partial charge >= 0.3 is 0 Å². The number of benzene rings is 1. The van der Waals surface area contributed by atoms with Crippen LogP contribution in [0.25, 0.3) is 6.08 Å². The Morgan fingerprint density at radius 3 is 2.38 bits per heavy atom. The van der Waals surface area contributed by atoms with Crippen molar-refractivity contribution in [1.82, 2.24) is 9.88 Å². The van der Waals surface area contributed by atoms with E-state index in [1.54, 1.807) is 6.08 Å². The summed E-state index contributed by atoms with van der Waals surface area (Å²) in [4.78, 5) is 26.9. The molecule has 0 unspecified atom stereocenters. The number of aromatic nitrogens is 1. The number of aryl methyl sites for hydroxylation is 3. The molecule has 1 aromatic heterocycles. The van der Waals surface area contributed by atoms with Crippen LogP contribution in [0.4, 0.5) is 5.69 Å². The zero-order valence-corrected chi connectivity index (χ0v) is 16.3. The fourth-order valence-electron chi connectivity index (χ4n) is 3.02. The highest BCUT2D eigenvalue weighted by atomic mass is 32.1. The Bertz CT molecular complexity index is 985. The van der Waals surface area contributed by atoms with Crippen LogP contribution in [0.15, 0.2) is 29.8 Å². The van der Waals surface area contributed by atoms with E-state index >= 15 is 0 Å². The SMILES string of the molecule is Cc1ccc(C)c(N2C(=O)/C(=C/c3cc(C)n(C)c3C)C(=O)NC2=S)c1. The summed E-state index contributed by atoms with van der Waals surface area (Å²) >= 11 is 5.28. The van der Waals surface area contributed by atoms with Crippen molar-refractivity contribution in [2.75, 3.05) is 4.90 Å². The molecule has 1 aromatic carbocycles. The van der Waals surface area contributed by atoms with Gasteiger partial charge in [-0.05, 0) is 74.8 Å². The van der Waals surface area contributed by atoms with Crippen LogP contribution in [0.3, 0.4) is 0 Å². The lowest BCUT2D eigenvalue weighted by Gasteiger charge is -2.30. The quantitative estimate of drug-likeness (QED) is 0.504. The van der Waals surface area contributed by atoms with Crippen LogP contribution in [-0.2, 0) is 16.6 Å². The van der Waals surface area contributed by atoms with E-state index in [0.717, 1.165) is 28.1 Å². The summed E-state index contributed by atoms with van der Waals surface area (Å²) in [6.07, 6.45) is 1.64. The number of hydrogen-bond donors (Lipinski definition) is 1. The van der Waals surface area contributed by atoms with Gasteiger partial charge in [-0.25, -0.2) is 0 Å². The number of thiocarbonyl (C=S) groups is 1. The van der Waals surface area contributed by atoms with Crippen molar-refractivity contribution in [2.45, 2.75) is 27.7 Å². The van der Waals surface area contributed by atoms with Gasteiger partial charge in [0.25, 0.3) is 11.8 Å². The first kappa shape index (κ1) is 18.1. The maximum Gasteiger partial charge on any atom is 0.270 e. The Hall–Kier alpha value is -2.73. The number of rotatable bonds is 2. The van der Waals surface area contributed by atoms with Crippen molar-refractivity contribution >= 4 is 40.9 Å². The fraction of sp³-hybridized carbons (Fsp3) is 0.250. The molecule has 0 radical (unpaired) electrons. The molecular formula is C20H21N3O2S. The number of nitrogens with zero attached hydrogens (tertiary/aromatic N) is 2. The van der Waals surface area contributed by atoms with Crippen LogP contribution in [-0.4, -0.2) is 21.5 Å². The number of carbonyl (C=O) groups excluding carboxylic acids is 2. The molecule has 0 bridgehead atoms. The maximum absolute atomic E-state index is 13.1. The first-order valence-electron chi connectivity index (χ1n) is 8.32. The van der Waals surface area contributed by atoms with Crippen LogP contribution >= 0.6 is 12.2 Å². The van der Waals surface area contributed by atoms with E-state index in [2.05, 4.69) is 5.32 Å². The Labute approximate surface area is 158 Å². The summed E-state index contributed by atoms with van der Waals surface area (Å²) in [7, 11) is 1.95. The molecule has 2 amide bonds. The van der Waals surface area contributed by atoms with Crippen molar-refractivity contribution in [2.24, 2.45) is 7.05 Å². The molecule has 3 rings (SSSR count). The van der Waals surface area contributed by atoms with Crippen LogP contribution in [0.5, 0.6) is 0 Å². The Balaban J connectivity index is 2.10. The monoisotopic (exact) mass is 367 g/mol. The first-order chi connectivity index (χ1) is 12.2. The number of carbonyl (C=O) groups is 2. The minimum absolute atomic E-state index is 0.0770. The fourth-order valence-corrected chi connectivity index (χ4v) is 3.30. The van der Waals surface area contributed by atoms with Crippen LogP contribution in [0.2, 0.25) is 0 Å². The first-order valence-corrected chi connectivity index (χ1v) is 8.73. The lowest BCUT2D eigenvalue weighted by Crippen LogP contribution is -2.54. The average molecular weight is 367 g/mol. The van der Waals surface area contributed by atoms with Crippen molar-refractivity contribution in [3.05, 3.63) is 57.9 Å². The third-order valence-corrected chi connectivity index (χ3v) is 5.11. The zero-order chi connectivity index (χ0) is 19.2. The van der Waals surface area contributed by atoms with Gasteiger partial charge in [0.15, 0.2) is 5.11 Å². The second-order valence-corrected chi connectivity index (χ2v) is 7.02. The van der Waals surface area contributed by atoms with Gasteiger partial charge in [0.05, 0.1) is 5.69 Å². The second-order valence-electron chi connectivity index (χ2n) is 6.63. The molecule has 2 heterocycles. The lowest BCUT2D eigenvalue weighted by atomic mass is 10.0. The van der Waals surface area contributed by atoms with Crippen LogP contribution in [0.1, 0.15) is 28.1 Å². The summed E-state index contributed by atoms with van der Waals surface area (Å²) in [6, 6.07) is 7.76. The summed E-state index contributed by atoms with van der Waals surface area (Å²) in [6.45, 7) is 7.80. The number of hydrogen-bond acceptors (Lipinski definition) is 3. The van der Waals surface area contributed by atoms with Crippen molar-refractivity contribution in [3.8, 4) is 0 Å². The molecule has 0 aliphatic carbocycles. The normalized spacial score (nSPS) is 16.4. The number of nitrogens with one attached hydrogen (secondary N) is 1. The predicted octanol–water partition coefficient (Wildman–Crippen LogP) is 3.09. The van der Waals surface area contributed by atoms with Crippen molar-refractivity contribution < 1.29 is 9.59 Å². The van der Waals surface area contributed by atoms with Crippen LogP contribution < -0.4 is 10.2 Å². The largest absolute Gasteiger partial charge is 0.352 e. The molecule has 1 aliphatic rings. The minimum atomic E-state index is -0.470. The van der Waals surface area contributed by atoms with E-state index in [1.165, 1.54) is 4.90 Å². The molecule has 2 aromatic rings. The number of amides is 2. The molecule has 0 saturated carbocycles. The summed E-state index contributed by atoms with van der Waals surface area (Å²) in [5.41, 5.74) is 5.57. The topological polar surface area (TPSA) is 54.3 Å². The van der Waals surface area contributed by atoms with Gasteiger partial charge in [0, 0.05) is 18.4 Å². The van der Waals surface area contributed by atoms with Crippen molar-refractivity contribution in [3.63, 3.8) is 0 Å². The molecule has 1 aliphatic heterocycles. The van der Waals surface area contributed by atoms with E-state index in [4.69, 9.17) is 12.2 Å². The Morgan fingerprint density at radius 2 is 1.77 bits per heavy atom. The second kappa shape index (κ2) is 6.53. The molecule has 6 heteroatoms. The highest BCUT2D eigenvalue weighted by Crippen LogP contribution is 2.27. The zero-order valence-electron chi connectivity index (χ0n) is 15.5. The van der Waals surface area contributed by atoms with Gasteiger partial charge in [0.1, 0.15) is 5.57 Å². The van der Waals surface area contributed by atoms with E-state index in [-0.39, 0.29) is 10.7 Å². The van der Waals surface area contributed by atoms with Gasteiger partial charge in [-0.3, -0.25) is 19.8 Å². The maximum atomic E-state index is 13.1. The molecule has 1 saturated heterocycles. The van der Waals surface area contributed by atoms with Gasteiger partial charge in [-0.2, -0.15) is 0 Å². The smallest absolute Gasteiger partial charge is 0.270 e. The third kappa shape index (κ3) is 2.97. The predicted molar refractivity (Wildman–Crippen MR) is 107 cm³/mol. The molecule has 134 valence electrons. The lowest BCUT2D eigenvalue weighted by molar-refractivity contribution is -0.122. The molecule has 1 N–H and O–H groups in total. The van der Waals surface area contributed by atoms with Gasteiger partial charge in [-0.15, -0.1) is 0 Å². The van der Waals surface area contributed by atoms with E-state index < -0.39 is 11.8 Å². The molecule has 26 heavy (non-hydrogen) atoms. The number of anilines is 1. The summed E-state index contributed by atoms with van der Waals surface area (Å²) < 4.78 is 2.02. The Kier molecular flexibility index (Phi) is 4.54. The standard InChI is InChI=1S/C20H21N3O2S/c1-11-6-7-12(2)17(8-11)23-19(25)16(18(24)21-20(23)26)10-15-9-13(3)22(5)14(15)4/h6-10H,1-5H3,(H,21,24,26)/b16-10+.